The van der Waals surface area contributed by atoms with Gasteiger partial charge in [-0.15, -0.1) is 0 Å². The molecular weight excluding hydrogens is 178 g/mol. The Labute approximate surface area is 84.7 Å². The molecule has 1 aliphatic carbocycles. The first-order chi connectivity index (χ1) is 6.79. The molecule has 0 saturated heterocycles. The summed E-state index contributed by atoms with van der Waals surface area (Å²) in [5.41, 5.74) is 0. The summed E-state index contributed by atoms with van der Waals surface area (Å²) in [7, 11) is 0. The molecule has 14 heavy (non-hydrogen) atoms. The molecule has 0 aliphatic heterocycles. The van der Waals surface area contributed by atoms with E-state index in [1.54, 1.807) is 17.1 Å². The fourth-order valence-corrected chi connectivity index (χ4v) is 1.31. The molecule has 1 N–H and O–H groups in total. The third kappa shape index (κ3) is 3.34. The standard InChI is InChI=1S/C11H17NO2/c1-2-3-4-5-11(14)12(8-9-13)10-6-7-10/h2-5,10,13H,6-9H2,1H3/b3-2+,5-4+. The van der Waals surface area contributed by atoms with E-state index < -0.39 is 0 Å². The highest BCUT2D eigenvalue weighted by Crippen LogP contribution is 2.26. The lowest BCUT2D eigenvalue weighted by Crippen LogP contribution is -2.34. The Morgan fingerprint density at radius 2 is 2.21 bits per heavy atom. The minimum Gasteiger partial charge on any atom is -0.395 e. The van der Waals surface area contributed by atoms with Crippen LogP contribution >= 0.6 is 0 Å². The molecule has 0 atom stereocenters. The van der Waals surface area contributed by atoms with Gasteiger partial charge in [-0.25, -0.2) is 0 Å². The lowest BCUT2D eigenvalue weighted by atomic mass is 10.3. The van der Waals surface area contributed by atoms with Crippen LogP contribution in [-0.2, 0) is 4.79 Å². The molecule has 1 saturated carbocycles. The summed E-state index contributed by atoms with van der Waals surface area (Å²) in [4.78, 5) is 13.3. The van der Waals surface area contributed by atoms with Gasteiger partial charge in [0.15, 0.2) is 0 Å². The van der Waals surface area contributed by atoms with E-state index in [0.29, 0.717) is 12.6 Å². The van der Waals surface area contributed by atoms with Crippen molar-refractivity contribution in [2.45, 2.75) is 25.8 Å². The first-order valence-electron chi connectivity index (χ1n) is 5.00. The highest BCUT2D eigenvalue weighted by molar-refractivity contribution is 5.88. The number of allylic oxidation sites excluding steroid dienone is 3. The molecule has 0 aromatic heterocycles. The van der Waals surface area contributed by atoms with Gasteiger partial charge in [0, 0.05) is 18.7 Å². The number of carbonyl (C=O) groups is 1. The second kappa shape index (κ2) is 5.60. The Kier molecular flexibility index (Phi) is 4.40. The molecule has 0 aromatic rings. The minimum atomic E-state index is -0.000324. The topological polar surface area (TPSA) is 40.5 Å². The van der Waals surface area contributed by atoms with E-state index in [2.05, 4.69) is 0 Å². The Bertz CT molecular complexity index is 242. The zero-order chi connectivity index (χ0) is 10.4. The zero-order valence-electron chi connectivity index (χ0n) is 8.52. The largest absolute Gasteiger partial charge is 0.395 e. The molecular formula is C11H17NO2. The van der Waals surface area contributed by atoms with Gasteiger partial charge in [0.05, 0.1) is 6.61 Å². The quantitative estimate of drug-likeness (QED) is 0.527. The minimum absolute atomic E-state index is 0.000324. The normalized spacial score (nSPS) is 16.7. The molecule has 0 bridgehead atoms. The molecule has 78 valence electrons. The number of amides is 1. The highest BCUT2D eigenvalue weighted by atomic mass is 16.3. The van der Waals surface area contributed by atoms with Crippen LogP contribution in [0, 0.1) is 0 Å². The summed E-state index contributed by atoms with van der Waals surface area (Å²) in [6, 6.07) is 0.366. The van der Waals surface area contributed by atoms with Crippen molar-refractivity contribution in [2.75, 3.05) is 13.2 Å². The number of aliphatic hydroxyl groups is 1. The summed E-state index contributed by atoms with van der Waals surface area (Å²) >= 11 is 0. The molecule has 1 amide bonds. The molecule has 0 aromatic carbocycles. The number of hydrogen-bond donors (Lipinski definition) is 1. The SMILES string of the molecule is C/C=C/C=C/C(=O)N(CCO)C1CC1. The van der Waals surface area contributed by atoms with E-state index in [9.17, 15) is 4.79 Å². The van der Waals surface area contributed by atoms with Crippen LogP contribution in [-0.4, -0.2) is 35.1 Å². The number of hydrogen-bond acceptors (Lipinski definition) is 2. The fourth-order valence-electron chi connectivity index (χ4n) is 1.31. The second-order valence-corrected chi connectivity index (χ2v) is 3.37. The Morgan fingerprint density at radius 3 is 2.71 bits per heavy atom. The van der Waals surface area contributed by atoms with Crippen LogP contribution in [0.25, 0.3) is 0 Å². The predicted octanol–water partition coefficient (Wildman–Crippen LogP) is 1.10. The first kappa shape index (κ1) is 11.0. The molecule has 1 aliphatic rings. The number of nitrogens with zero attached hydrogens (tertiary/aromatic N) is 1. The first-order valence-corrected chi connectivity index (χ1v) is 5.00. The molecule has 3 nitrogen and oxygen atoms in total. The van der Waals surface area contributed by atoms with Gasteiger partial charge in [-0.05, 0) is 19.8 Å². The molecule has 1 fully saturated rings. The van der Waals surface area contributed by atoms with Crippen molar-refractivity contribution in [1.82, 2.24) is 4.90 Å². The molecule has 0 radical (unpaired) electrons. The third-order valence-corrected chi connectivity index (χ3v) is 2.15. The Morgan fingerprint density at radius 1 is 1.50 bits per heavy atom. The van der Waals surface area contributed by atoms with Crippen molar-refractivity contribution in [3.63, 3.8) is 0 Å². The van der Waals surface area contributed by atoms with Crippen LogP contribution in [0.3, 0.4) is 0 Å². The van der Waals surface area contributed by atoms with Crippen LogP contribution in [0.15, 0.2) is 24.3 Å². The summed E-state index contributed by atoms with van der Waals surface area (Å²) < 4.78 is 0. The zero-order valence-corrected chi connectivity index (χ0v) is 8.52. The van der Waals surface area contributed by atoms with Gasteiger partial charge in [0.2, 0.25) is 5.91 Å². The lowest BCUT2D eigenvalue weighted by molar-refractivity contribution is -0.127. The summed E-state index contributed by atoms with van der Waals surface area (Å²) in [5, 5.41) is 8.80. The van der Waals surface area contributed by atoms with E-state index >= 15 is 0 Å². The van der Waals surface area contributed by atoms with Crippen LogP contribution in [0.5, 0.6) is 0 Å². The van der Waals surface area contributed by atoms with Crippen LogP contribution in [0.1, 0.15) is 19.8 Å². The molecule has 3 heteroatoms. The van der Waals surface area contributed by atoms with E-state index in [1.165, 1.54) is 0 Å². The number of carbonyl (C=O) groups excluding carboxylic acids is 1. The summed E-state index contributed by atoms with van der Waals surface area (Å²) in [6.07, 6.45) is 9.12. The Balaban J connectivity index is 2.45. The average Bonchev–Trinajstić information content (AvgIpc) is 2.98. The molecule has 0 unspecified atom stereocenters. The second-order valence-electron chi connectivity index (χ2n) is 3.37. The molecule has 1 rings (SSSR count). The van der Waals surface area contributed by atoms with Gasteiger partial charge in [-0.2, -0.15) is 0 Å². The van der Waals surface area contributed by atoms with Gasteiger partial charge in [0.1, 0.15) is 0 Å². The van der Waals surface area contributed by atoms with Gasteiger partial charge >= 0.3 is 0 Å². The van der Waals surface area contributed by atoms with Gasteiger partial charge in [-0.1, -0.05) is 18.2 Å². The average molecular weight is 195 g/mol. The maximum absolute atomic E-state index is 11.6. The summed E-state index contributed by atoms with van der Waals surface area (Å²) in [5.74, 6) is -0.000324. The molecule has 0 heterocycles. The smallest absolute Gasteiger partial charge is 0.246 e. The van der Waals surface area contributed by atoms with E-state index in [-0.39, 0.29) is 12.5 Å². The monoisotopic (exact) mass is 195 g/mol. The number of rotatable bonds is 5. The van der Waals surface area contributed by atoms with Gasteiger partial charge in [-0.3, -0.25) is 4.79 Å². The van der Waals surface area contributed by atoms with Crippen LogP contribution < -0.4 is 0 Å². The maximum atomic E-state index is 11.6. The predicted molar refractivity (Wildman–Crippen MR) is 55.8 cm³/mol. The third-order valence-electron chi connectivity index (χ3n) is 2.15. The maximum Gasteiger partial charge on any atom is 0.246 e. The van der Waals surface area contributed by atoms with Crippen molar-refractivity contribution in [3.05, 3.63) is 24.3 Å². The molecule has 0 spiro atoms. The van der Waals surface area contributed by atoms with Crippen molar-refractivity contribution < 1.29 is 9.90 Å². The number of aliphatic hydroxyl groups excluding tert-OH is 1. The van der Waals surface area contributed by atoms with Crippen LogP contribution in [0.2, 0.25) is 0 Å². The van der Waals surface area contributed by atoms with Gasteiger partial charge in [0.25, 0.3) is 0 Å². The highest BCUT2D eigenvalue weighted by Gasteiger charge is 2.30. The summed E-state index contributed by atoms with van der Waals surface area (Å²) in [6.45, 7) is 2.39. The van der Waals surface area contributed by atoms with E-state index in [1.807, 2.05) is 19.1 Å². The van der Waals surface area contributed by atoms with Crippen molar-refractivity contribution in [3.8, 4) is 0 Å². The van der Waals surface area contributed by atoms with Crippen molar-refractivity contribution >= 4 is 5.91 Å². The van der Waals surface area contributed by atoms with E-state index in [4.69, 9.17) is 5.11 Å². The van der Waals surface area contributed by atoms with Crippen molar-refractivity contribution in [1.29, 1.82) is 0 Å². The van der Waals surface area contributed by atoms with Crippen LogP contribution in [0.4, 0.5) is 0 Å². The Hall–Kier alpha value is -1.09. The van der Waals surface area contributed by atoms with E-state index in [0.717, 1.165) is 12.8 Å². The lowest BCUT2D eigenvalue weighted by Gasteiger charge is -2.18. The van der Waals surface area contributed by atoms with Crippen molar-refractivity contribution in [2.24, 2.45) is 0 Å². The van der Waals surface area contributed by atoms with Gasteiger partial charge < -0.3 is 10.0 Å². The fraction of sp³-hybridized carbons (Fsp3) is 0.545.